The van der Waals surface area contributed by atoms with E-state index in [1.54, 1.807) is 0 Å². The van der Waals surface area contributed by atoms with E-state index in [9.17, 15) is 9.59 Å². The molecule has 1 aromatic rings. The number of rotatable bonds is 7. The van der Waals surface area contributed by atoms with Crippen molar-refractivity contribution in [1.29, 1.82) is 0 Å². The van der Waals surface area contributed by atoms with Crippen LogP contribution >= 0.6 is 0 Å². The van der Waals surface area contributed by atoms with Gasteiger partial charge < -0.3 is 15.2 Å². The summed E-state index contributed by atoms with van der Waals surface area (Å²) in [6.45, 7) is 4.05. The summed E-state index contributed by atoms with van der Waals surface area (Å²) in [6, 6.07) is 1.96. The highest BCUT2D eigenvalue weighted by Crippen LogP contribution is 2.15. The number of fused-ring (bicyclic) bond motifs is 1. The Morgan fingerprint density at radius 2 is 2.24 bits per heavy atom. The Morgan fingerprint density at radius 1 is 1.36 bits per heavy atom. The molecular weight excluding hydrogens is 324 g/mol. The lowest BCUT2D eigenvalue weighted by atomic mass is 10.2. The number of ether oxygens (including phenoxy) is 1. The number of aryl methyl sites for hydroxylation is 2. The summed E-state index contributed by atoms with van der Waals surface area (Å²) >= 11 is 0. The largest absolute Gasteiger partial charge is 0.481 e. The molecule has 138 valence electrons. The van der Waals surface area contributed by atoms with E-state index in [2.05, 4.69) is 15.3 Å². The molecule has 2 N–H and O–H groups in total. The van der Waals surface area contributed by atoms with Crippen molar-refractivity contribution in [3.63, 3.8) is 0 Å². The standard InChI is InChI=1S/C17H26N4O4/c22-16(18-10-15-3-1-8-25-15)12-20-6-2-7-21-14(11-20)9-13(19-21)4-5-17(23)24/h9,15H,1-8,10-12H2,(H,18,22)(H,23,24)/t15-/m1/s1. The van der Waals surface area contributed by atoms with Crippen LogP contribution in [0.15, 0.2) is 6.07 Å². The molecule has 0 saturated carbocycles. The number of hydrogen-bond donors (Lipinski definition) is 2. The van der Waals surface area contributed by atoms with Crippen molar-refractivity contribution in [1.82, 2.24) is 20.0 Å². The Morgan fingerprint density at radius 3 is 3.00 bits per heavy atom. The zero-order valence-electron chi connectivity index (χ0n) is 14.4. The second kappa shape index (κ2) is 8.44. The van der Waals surface area contributed by atoms with Crippen molar-refractivity contribution in [2.24, 2.45) is 0 Å². The molecule has 3 rings (SSSR count). The minimum absolute atomic E-state index is 0.0227. The highest BCUT2D eigenvalue weighted by atomic mass is 16.5. The Balaban J connectivity index is 1.50. The molecule has 1 saturated heterocycles. The number of carboxylic acids is 1. The zero-order valence-corrected chi connectivity index (χ0v) is 14.4. The second-order valence-electron chi connectivity index (χ2n) is 6.75. The van der Waals surface area contributed by atoms with Crippen molar-refractivity contribution in [3.05, 3.63) is 17.5 Å². The van der Waals surface area contributed by atoms with Gasteiger partial charge in [-0.25, -0.2) is 0 Å². The van der Waals surface area contributed by atoms with Gasteiger partial charge in [-0.2, -0.15) is 5.10 Å². The Labute approximate surface area is 147 Å². The maximum atomic E-state index is 12.2. The number of carbonyl (C=O) groups excluding carboxylic acids is 1. The predicted molar refractivity (Wildman–Crippen MR) is 90.1 cm³/mol. The molecule has 0 aromatic carbocycles. The summed E-state index contributed by atoms with van der Waals surface area (Å²) in [6.07, 6.45) is 3.70. The molecule has 8 heteroatoms. The van der Waals surface area contributed by atoms with Crippen LogP contribution in [0, 0.1) is 0 Å². The molecule has 3 heterocycles. The van der Waals surface area contributed by atoms with E-state index >= 15 is 0 Å². The molecule has 0 bridgehead atoms. The first-order valence-corrected chi connectivity index (χ1v) is 8.98. The molecule has 1 amide bonds. The molecule has 1 fully saturated rings. The third kappa shape index (κ3) is 5.27. The lowest BCUT2D eigenvalue weighted by Gasteiger charge is -2.19. The highest BCUT2D eigenvalue weighted by molar-refractivity contribution is 5.78. The van der Waals surface area contributed by atoms with Crippen molar-refractivity contribution in [3.8, 4) is 0 Å². The Bertz CT molecular complexity index is 610. The molecule has 0 unspecified atom stereocenters. The summed E-state index contributed by atoms with van der Waals surface area (Å²) in [5, 5.41) is 16.3. The fourth-order valence-electron chi connectivity index (χ4n) is 3.37. The van der Waals surface area contributed by atoms with Crippen LogP contribution in [0.5, 0.6) is 0 Å². The number of aromatic nitrogens is 2. The van der Waals surface area contributed by atoms with Crippen LogP contribution in [0.2, 0.25) is 0 Å². The van der Waals surface area contributed by atoms with Gasteiger partial charge >= 0.3 is 5.97 Å². The fourth-order valence-corrected chi connectivity index (χ4v) is 3.37. The number of aliphatic carboxylic acids is 1. The SMILES string of the molecule is O=C(O)CCc1cc2n(n1)CCCN(CC(=O)NC[C@H]1CCCO1)C2. The molecule has 2 aliphatic heterocycles. The van der Waals surface area contributed by atoms with Crippen LogP contribution in [-0.4, -0.2) is 64.0 Å². The molecule has 0 spiro atoms. The van der Waals surface area contributed by atoms with Gasteiger partial charge in [0.1, 0.15) is 0 Å². The minimum Gasteiger partial charge on any atom is -0.481 e. The van der Waals surface area contributed by atoms with E-state index in [0.29, 0.717) is 26.1 Å². The van der Waals surface area contributed by atoms with E-state index in [4.69, 9.17) is 9.84 Å². The summed E-state index contributed by atoms with van der Waals surface area (Å²) in [7, 11) is 0. The number of nitrogens with zero attached hydrogens (tertiary/aromatic N) is 3. The van der Waals surface area contributed by atoms with Gasteiger partial charge in [0.05, 0.1) is 30.5 Å². The van der Waals surface area contributed by atoms with Crippen molar-refractivity contribution in [2.45, 2.75) is 51.3 Å². The van der Waals surface area contributed by atoms with Crippen LogP contribution in [0.1, 0.15) is 37.1 Å². The van der Waals surface area contributed by atoms with Gasteiger partial charge in [0.2, 0.25) is 5.91 Å². The van der Waals surface area contributed by atoms with Crippen LogP contribution in [0.4, 0.5) is 0 Å². The summed E-state index contributed by atoms with van der Waals surface area (Å²) in [5.41, 5.74) is 1.85. The van der Waals surface area contributed by atoms with Gasteiger partial charge in [-0.1, -0.05) is 0 Å². The van der Waals surface area contributed by atoms with Gasteiger partial charge in [0.25, 0.3) is 0 Å². The highest BCUT2D eigenvalue weighted by Gasteiger charge is 2.20. The van der Waals surface area contributed by atoms with Crippen LogP contribution in [-0.2, 0) is 33.8 Å². The number of carboxylic acid groups (broad SMARTS) is 1. The Kier molecular flexibility index (Phi) is 6.04. The molecular formula is C17H26N4O4. The van der Waals surface area contributed by atoms with E-state index in [0.717, 1.165) is 50.3 Å². The number of hydrogen-bond acceptors (Lipinski definition) is 5. The first-order chi connectivity index (χ1) is 12.1. The average molecular weight is 350 g/mol. The van der Waals surface area contributed by atoms with Gasteiger partial charge in [-0.15, -0.1) is 0 Å². The Hall–Kier alpha value is -1.93. The molecule has 8 nitrogen and oxygen atoms in total. The van der Waals surface area contributed by atoms with Crippen molar-refractivity contribution >= 4 is 11.9 Å². The molecule has 0 radical (unpaired) electrons. The summed E-state index contributed by atoms with van der Waals surface area (Å²) < 4.78 is 7.47. The molecule has 25 heavy (non-hydrogen) atoms. The summed E-state index contributed by atoms with van der Waals surface area (Å²) in [4.78, 5) is 25.0. The number of amides is 1. The molecule has 0 aliphatic carbocycles. The second-order valence-corrected chi connectivity index (χ2v) is 6.75. The third-order valence-corrected chi connectivity index (χ3v) is 4.66. The fraction of sp³-hybridized carbons (Fsp3) is 0.706. The number of nitrogens with one attached hydrogen (secondary N) is 1. The smallest absolute Gasteiger partial charge is 0.303 e. The molecule has 2 aliphatic rings. The first-order valence-electron chi connectivity index (χ1n) is 8.98. The number of carbonyl (C=O) groups is 2. The van der Waals surface area contributed by atoms with Gasteiger partial charge in [0.15, 0.2) is 0 Å². The predicted octanol–water partition coefficient (Wildman–Crippen LogP) is 0.401. The average Bonchev–Trinajstić information content (AvgIpc) is 3.18. The topological polar surface area (TPSA) is 96.7 Å². The van der Waals surface area contributed by atoms with Gasteiger partial charge in [0, 0.05) is 39.2 Å². The van der Waals surface area contributed by atoms with Gasteiger partial charge in [-0.3, -0.25) is 19.2 Å². The third-order valence-electron chi connectivity index (χ3n) is 4.66. The lowest BCUT2D eigenvalue weighted by molar-refractivity contribution is -0.137. The quantitative estimate of drug-likeness (QED) is 0.739. The van der Waals surface area contributed by atoms with Crippen LogP contribution in [0.25, 0.3) is 0 Å². The monoisotopic (exact) mass is 350 g/mol. The maximum absolute atomic E-state index is 12.2. The lowest BCUT2D eigenvalue weighted by Crippen LogP contribution is -2.40. The van der Waals surface area contributed by atoms with E-state index in [1.807, 2.05) is 10.7 Å². The van der Waals surface area contributed by atoms with E-state index in [-0.39, 0.29) is 18.4 Å². The van der Waals surface area contributed by atoms with Crippen molar-refractivity contribution < 1.29 is 19.4 Å². The molecule has 1 aromatic heterocycles. The zero-order chi connectivity index (χ0) is 17.6. The van der Waals surface area contributed by atoms with Crippen LogP contribution in [0.3, 0.4) is 0 Å². The van der Waals surface area contributed by atoms with E-state index < -0.39 is 5.97 Å². The van der Waals surface area contributed by atoms with Gasteiger partial charge in [-0.05, 0) is 25.3 Å². The summed E-state index contributed by atoms with van der Waals surface area (Å²) in [5.74, 6) is -0.790. The maximum Gasteiger partial charge on any atom is 0.303 e. The van der Waals surface area contributed by atoms with E-state index in [1.165, 1.54) is 0 Å². The molecule has 1 atom stereocenters. The van der Waals surface area contributed by atoms with Crippen LogP contribution < -0.4 is 5.32 Å². The minimum atomic E-state index is -0.812. The first kappa shape index (κ1) is 17.9. The van der Waals surface area contributed by atoms with Crippen molar-refractivity contribution in [2.75, 3.05) is 26.2 Å². The normalized spacial score (nSPS) is 20.9.